The second kappa shape index (κ2) is 3.31. The van der Waals surface area contributed by atoms with E-state index in [0.717, 1.165) is 22.2 Å². The van der Waals surface area contributed by atoms with Crippen molar-refractivity contribution in [2.75, 3.05) is 0 Å². The van der Waals surface area contributed by atoms with E-state index in [4.69, 9.17) is 0 Å². The fourth-order valence-electron chi connectivity index (χ4n) is 1.74. The molecule has 0 bridgehead atoms. The molecule has 1 heterocycles. The van der Waals surface area contributed by atoms with E-state index in [0.29, 0.717) is 0 Å². The lowest BCUT2D eigenvalue weighted by atomic mass is 9.95. The number of fused-ring (bicyclic) bond motifs is 1. The van der Waals surface area contributed by atoms with Crippen molar-refractivity contribution in [3.63, 3.8) is 0 Å². The molecule has 0 aliphatic heterocycles. The molecule has 1 aromatic heterocycles. The Labute approximate surface area is 89.6 Å². The second-order valence-electron chi connectivity index (χ2n) is 4.39. The predicted molar refractivity (Wildman–Crippen MR) is 61.7 cm³/mol. The van der Waals surface area contributed by atoms with Crippen LogP contribution in [0.5, 0.6) is 0 Å². The minimum Gasteiger partial charge on any atom is -0.386 e. The normalized spacial score (nSPS) is 12.0. The molecule has 0 unspecified atom stereocenters. The van der Waals surface area contributed by atoms with Crippen molar-refractivity contribution in [1.82, 2.24) is 4.98 Å². The summed E-state index contributed by atoms with van der Waals surface area (Å²) in [5.74, 6) is 0. The number of para-hydroxylation sites is 1. The van der Waals surface area contributed by atoms with Gasteiger partial charge < -0.3 is 5.11 Å². The van der Waals surface area contributed by atoms with Gasteiger partial charge in [-0.25, -0.2) is 0 Å². The molecule has 0 radical (unpaired) electrons. The highest BCUT2D eigenvalue weighted by Gasteiger charge is 2.19. The quantitative estimate of drug-likeness (QED) is 0.769. The summed E-state index contributed by atoms with van der Waals surface area (Å²) in [7, 11) is 0. The van der Waals surface area contributed by atoms with Crippen LogP contribution < -0.4 is 0 Å². The van der Waals surface area contributed by atoms with Crippen molar-refractivity contribution in [1.29, 1.82) is 0 Å². The van der Waals surface area contributed by atoms with Crippen molar-refractivity contribution in [2.24, 2.45) is 0 Å². The van der Waals surface area contributed by atoms with E-state index in [1.165, 1.54) is 0 Å². The van der Waals surface area contributed by atoms with Crippen molar-refractivity contribution >= 4 is 10.9 Å². The van der Waals surface area contributed by atoms with Crippen molar-refractivity contribution in [2.45, 2.75) is 26.4 Å². The van der Waals surface area contributed by atoms with Gasteiger partial charge in [0.05, 0.1) is 11.1 Å². The van der Waals surface area contributed by atoms with E-state index in [2.05, 4.69) is 4.98 Å². The highest BCUT2D eigenvalue weighted by molar-refractivity contribution is 5.82. The number of aryl methyl sites for hydroxylation is 1. The van der Waals surface area contributed by atoms with Crippen LogP contribution in [-0.2, 0) is 5.60 Å². The first kappa shape index (κ1) is 10.1. The lowest BCUT2D eigenvalue weighted by Gasteiger charge is -2.19. The van der Waals surface area contributed by atoms with Gasteiger partial charge in [0.25, 0.3) is 0 Å². The molecule has 0 fully saturated rings. The molecule has 2 aromatic rings. The van der Waals surface area contributed by atoms with Gasteiger partial charge in [-0.1, -0.05) is 24.3 Å². The fourth-order valence-corrected chi connectivity index (χ4v) is 1.74. The Morgan fingerprint density at radius 2 is 1.87 bits per heavy atom. The number of rotatable bonds is 1. The Balaban J connectivity index is 2.80. The van der Waals surface area contributed by atoms with Crippen LogP contribution in [0.15, 0.2) is 30.3 Å². The maximum Gasteiger partial charge on any atom is 0.0861 e. The zero-order valence-corrected chi connectivity index (χ0v) is 9.28. The van der Waals surface area contributed by atoms with Gasteiger partial charge in [0, 0.05) is 16.6 Å². The average Bonchev–Trinajstić information content (AvgIpc) is 2.15. The van der Waals surface area contributed by atoms with Crippen LogP contribution in [0, 0.1) is 6.92 Å². The van der Waals surface area contributed by atoms with E-state index in [1.807, 2.05) is 37.3 Å². The molecule has 2 heteroatoms. The highest BCUT2D eigenvalue weighted by Crippen LogP contribution is 2.26. The standard InChI is InChI=1S/C13H15NO/c1-9-7-8-10-5-4-6-11(12(10)14-9)13(2,3)15/h4-8,15H,1-3H3. The molecule has 1 N–H and O–H groups in total. The molecule has 2 rings (SSSR count). The lowest BCUT2D eigenvalue weighted by molar-refractivity contribution is 0.0800. The van der Waals surface area contributed by atoms with Gasteiger partial charge in [-0.3, -0.25) is 4.98 Å². The number of hydrogen-bond acceptors (Lipinski definition) is 2. The summed E-state index contributed by atoms with van der Waals surface area (Å²) in [6.45, 7) is 5.53. The Bertz CT molecular complexity index is 497. The predicted octanol–water partition coefficient (Wildman–Crippen LogP) is 2.77. The molecule has 0 aliphatic carbocycles. The van der Waals surface area contributed by atoms with Crippen LogP contribution in [-0.4, -0.2) is 10.1 Å². The maximum atomic E-state index is 10.0. The minimum absolute atomic E-state index is 0.847. The zero-order valence-electron chi connectivity index (χ0n) is 9.28. The first-order chi connectivity index (χ1) is 6.98. The van der Waals surface area contributed by atoms with Gasteiger partial charge >= 0.3 is 0 Å². The Hall–Kier alpha value is -1.41. The van der Waals surface area contributed by atoms with Crippen molar-refractivity contribution in [3.8, 4) is 0 Å². The summed E-state index contributed by atoms with van der Waals surface area (Å²) in [6, 6.07) is 9.90. The fraction of sp³-hybridized carbons (Fsp3) is 0.308. The topological polar surface area (TPSA) is 33.1 Å². The summed E-state index contributed by atoms with van der Waals surface area (Å²) in [4.78, 5) is 4.48. The second-order valence-corrected chi connectivity index (χ2v) is 4.39. The summed E-state index contributed by atoms with van der Waals surface area (Å²) in [6.07, 6.45) is 0. The molecule has 15 heavy (non-hydrogen) atoms. The molecule has 1 aromatic carbocycles. The monoisotopic (exact) mass is 201 g/mol. The van der Waals surface area contributed by atoms with Gasteiger partial charge in [0.2, 0.25) is 0 Å². The van der Waals surface area contributed by atoms with E-state index in [-0.39, 0.29) is 0 Å². The van der Waals surface area contributed by atoms with Crippen molar-refractivity contribution < 1.29 is 5.11 Å². The largest absolute Gasteiger partial charge is 0.386 e. The number of benzene rings is 1. The molecule has 78 valence electrons. The first-order valence-corrected chi connectivity index (χ1v) is 5.08. The van der Waals surface area contributed by atoms with Crippen LogP contribution in [0.2, 0.25) is 0 Å². The van der Waals surface area contributed by atoms with E-state index in [1.54, 1.807) is 13.8 Å². The van der Waals surface area contributed by atoms with Gasteiger partial charge in [-0.15, -0.1) is 0 Å². The molecule has 0 saturated heterocycles. The maximum absolute atomic E-state index is 10.0. The number of aliphatic hydroxyl groups is 1. The number of aromatic nitrogens is 1. The average molecular weight is 201 g/mol. The van der Waals surface area contributed by atoms with Gasteiger partial charge in [0.15, 0.2) is 0 Å². The third-order valence-electron chi connectivity index (χ3n) is 2.52. The van der Waals surface area contributed by atoms with Crippen LogP contribution in [0.3, 0.4) is 0 Å². The third kappa shape index (κ3) is 1.85. The molecule has 0 aliphatic rings. The Kier molecular flexibility index (Phi) is 2.24. The summed E-state index contributed by atoms with van der Waals surface area (Å²) >= 11 is 0. The molecule has 0 amide bonds. The SMILES string of the molecule is Cc1ccc2cccc(C(C)(C)O)c2n1. The molecule has 0 spiro atoms. The smallest absolute Gasteiger partial charge is 0.0861 e. The lowest BCUT2D eigenvalue weighted by Crippen LogP contribution is -2.16. The molecule has 0 saturated carbocycles. The summed E-state index contributed by atoms with van der Waals surface area (Å²) < 4.78 is 0. The Morgan fingerprint density at radius 1 is 1.13 bits per heavy atom. The number of hydrogen-bond donors (Lipinski definition) is 1. The Morgan fingerprint density at radius 3 is 2.53 bits per heavy atom. The highest BCUT2D eigenvalue weighted by atomic mass is 16.3. The van der Waals surface area contributed by atoms with Gasteiger partial charge in [-0.05, 0) is 26.8 Å². The van der Waals surface area contributed by atoms with Crippen LogP contribution >= 0.6 is 0 Å². The van der Waals surface area contributed by atoms with Crippen LogP contribution in [0.1, 0.15) is 25.1 Å². The van der Waals surface area contributed by atoms with Crippen LogP contribution in [0.25, 0.3) is 10.9 Å². The molecule has 2 nitrogen and oxygen atoms in total. The summed E-state index contributed by atoms with van der Waals surface area (Å²) in [5, 5.41) is 11.1. The van der Waals surface area contributed by atoms with Crippen LogP contribution in [0.4, 0.5) is 0 Å². The minimum atomic E-state index is -0.847. The van der Waals surface area contributed by atoms with Crippen molar-refractivity contribution in [3.05, 3.63) is 41.6 Å². The van der Waals surface area contributed by atoms with Gasteiger partial charge in [0.1, 0.15) is 0 Å². The van der Waals surface area contributed by atoms with E-state index in [9.17, 15) is 5.11 Å². The molecular weight excluding hydrogens is 186 g/mol. The number of pyridine rings is 1. The number of nitrogens with zero attached hydrogens (tertiary/aromatic N) is 1. The summed E-state index contributed by atoms with van der Waals surface area (Å²) in [5.41, 5.74) is 1.90. The third-order valence-corrected chi connectivity index (χ3v) is 2.52. The van der Waals surface area contributed by atoms with E-state index >= 15 is 0 Å². The first-order valence-electron chi connectivity index (χ1n) is 5.08. The van der Waals surface area contributed by atoms with E-state index < -0.39 is 5.60 Å². The molecular formula is C13H15NO. The zero-order chi connectivity index (χ0) is 11.1. The molecule has 0 atom stereocenters. The van der Waals surface area contributed by atoms with Gasteiger partial charge in [-0.2, -0.15) is 0 Å².